The second-order valence-corrected chi connectivity index (χ2v) is 8.43. The van der Waals surface area contributed by atoms with Gasteiger partial charge in [0.25, 0.3) is 0 Å². The number of esters is 1. The van der Waals surface area contributed by atoms with Crippen molar-refractivity contribution in [3.63, 3.8) is 0 Å². The van der Waals surface area contributed by atoms with Gasteiger partial charge in [0.05, 0.1) is 7.11 Å². The molecule has 8 heteroatoms. The summed E-state index contributed by atoms with van der Waals surface area (Å²) in [4.78, 5) is 30.5. The van der Waals surface area contributed by atoms with Crippen LogP contribution in [-0.4, -0.2) is 35.6 Å². The standard InChI is InChI=1S/C29H28N2O6/c1-20-9-13-25(14-10-20)37-29(33)31(18-27(32)34-3)17-22-11-15-24(16-12-22)35-19-26-21(2)36-28(30-26)23-7-5-4-6-8-23/h4-16H,17-19H2,1-3H3. The van der Waals surface area contributed by atoms with Gasteiger partial charge in [0.15, 0.2) is 0 Å². The number of carbonyl (C=O) groups is 2. The number of hydrogen-bond acceptors (Lipinski definition) is 7. The summed E-state index contributed by atoms with van der Waals surface area (Å²) in [6.07, 6.45) is -0.648. The number of oxazole rings is 1. The first-order valence-electron chi connectivity index (χ1n) is 11.7. The molecule has 0 aliphatic carbocycles. The van der Waals surface area contributed by atoms with E-state index >= 15 is 0 Å². The quantitative estimate of drug-likeness (QED) is 0.272. The predicted octanol–water partition coefficient (Wildman–Crippen LogP) is 5.71. The maximum absolute atomic E-state index is 12.8. The van der Waals surface area contributed by atoms with Crippen LogP contribution in [0.15, 0.2) is 83.3 Å². The van der Waals surface area contributed by atoms with Crippen LogP contribution in [0.5, 0.6) is 11.5 Å². The number of aryl methyl sites for hydroxylation is 2. The molecule has 8 nitrogen and oxygen atoms in total. The van der Waals surface area contributed by atoms with Gasteiger partial charge in [-0.1, -0.05) is 48.0 Å². The van der Waals surface area contributed by atoms with E-state index in [0.717, 1.165) is 16.7 Å². The minimum Gasteiger partial charge on any atom is -0.487 e. The Morgan fingerprint density at radius 3 is 2.24 bits per heavy atom. The van der Waals surface area contributed by atoms with Crippen LogP contribution in [0.4, 0.5) is 4.79 Å². The Kier molecular flexibility index (Phi) is 8.20. The largest absolute Gasteiger partial charge is 0.487 e. The zero-order valence-electron chi connectivity index (χ0n) is 21.0. The van der Waals surface area contributed by atoms with Gasteiger partial charge in [0, 0.05) is 12.1 Å². The number of methoxy groups -OCH3 is 1. The van der Waals surface area contributed by atoms with E-state index in [1.807, 2.05) is 68.4 Å². The van der Waals surface area contributed by atoms with Crippen LogP contribution in [-0.2, 0) is 22.7 Å². The van der Waals surface area contributed by atoms with Crippen LogP contribution in [0.3, 0.4) is 0 Å². The van der Waals surface area contributed by atoms with Crippen LogP contribution in [0, 0.1) is 13.8 Å². The van der Waals surface area contributed by atoms with Crippen LogP contribution in [0.25, 0.3) is 11.5 Å². The number of hydrogen-bond donors (Lipinski definition) is 0. The summed E-state index contributed by atoms with van der Waals surface area (Å²) in [7, 11) is 1.28. The molecule has 1 amide bonds. The molecule has 0 N–H and O–H groups in total. The number of aromatic nitrogens is 1. The lowest BCUT2D eigenvalue weighted by molar-refractivity contribution is -0.141. The molecular formula is C29H28N2O6. The van der Waals surface area contributed by atoms with Crippen molar-refractivity contribution >= 4 is 12.1 Å². The minimum atomic E-state index is -0.648. The molecule has 4 rings (SSSR count). The third-order valence-electron chi connectivity index (χ3n) is 5.62. The first-order valence-corrected chi connectivity index (χ1v) is 11.7. The SMILES string of the molecule is COC(=O)CN(Cc1ccc(OCc2nc(-c3ccccc3)oc2C)cc1)C(=O)Oc1ccc(C)cc1. The molecule has 0 unspecified atom stereocenters. The number of rotatable bonds is 9. The van der Waals surface area contributed by atoms with Gasteiger partial charge in [-0.15, -0.1) is 0 Å². The summed E-state index contributed by atoms with van der Waals surface area (Å²) >= 11 is 0. The summed E-state index contributed by atoms with van der Waals surface area (Å²) in [5.74, 6) is 1.73. The number of amides is 1. The van der Waals surface area contributed by atoms with Gasteiger partial charge in [-0.2, -0.15) is 0 Å². The maximum atomic E-state index is 12.8. The highest BCUT2D eigenvalue weighted by Gasteiger charge is 2.20. The van der Waals surface area contributed by atoms with Gasteiger partial charge in [-0.3, -0.25) is 9.69 Å². The van der Waals surface area contributed by atoms with Crippen molar-refractivity contribution < 1.29 is 28.2 Å². The molecular weight excluding hydrogens is 472 g/mol. The Hall–Kier alpha value is -4.59. The Morgan fingerprint density at radius 2 is 1.57 bits per heavy atom. The van der Waals surface area contributed by atoms with Crippen molar-refractivity contribution in [1.82, 2.24) is 9.88 Å². The fourth-order valence-corrected chi connectivity index (χ4v) is 3.51. The van der Waals surface area contributed by atoms with Crippen LogP contribution in [0.2, 0.25) is 0 Å². The number of benzene rings is 3. The molecule has 0 spiro atoms. The summed E-state index contributed by atoms with van der Waals surface area (Å²) in [6, 6.07) is 24.0. The fraction of sp³-hybridized carbons (Fsp3) is 0.207. The van der Waals surface area contributed by atoms with E-state index in [0.29, 0.717) is 28.8 Å². The number of carbonyl (C=O) groups excluding carboxylic acids is 2. The molecule has 0 fully saturated rings. The molecule has 0 aliphatic heterocycles. The first-order chi connectivity index (χ1) is 17.9. The molecule has 37 heavy (non-hydrogen) atoms. The van der Waals surface area contributed by atoms with Gasteiger partial charge >= 0.3 is 12.1 Å². The van der Waals surface area contributed by atoms with Crippen molar-refractivity contribution in [3.05, 3.63) is 101 Å². The highest BCUT2D eigenvalue weighted by Crippen LogP contribution is 2.23. The Morgan fingerprint density at radius 1 is 0.892 bits per heavy atom. The average Bonchev–Trinajstić information content (AvgIpc) is 3.29. The lowest BCUT2D eigenvalue weighted by Gasteiger charge is -2.21. The van der Waals surface area contributed by atoms with E-state index in [1.165, 1.54) is 12.0 Å². The van der Waals surface area contributed by atoms with Crippen molar-refractivity contribution in [2.75, 3.05) is 13.7 Å². The lowest BCUT2D eigenvalue weighted by Crippen LogP contribution is -2.37. The summed E-state index contributed by atoms with van der Waals surface area (Å²) in [5, 5.41) is 0. The van der Waals surface area contributed by atoms with Crippen LogP contribution in [0.1, 0.15) is 22.6 Å². The molecule has 1 heterocycles. The van der Waals surface area contributed by atoms with E-state index < -0.39 is 12.1 Å². The van der Waals surface area contributed by atoms with E-state index in [1.54, 1.807) is 24.3 Å². The fourth-order valence-electron chi connectivity index (χ4n) is 3.51. The first kappa shape index (κ1) is 25.5. The van der Waals surface area contributed by atoms with E-state index in [2.05, 4.69) is 4.98 Å². The number of nitrogens with zero attached hydrogens (tertiary/aromatic N) is 2. The Bertz CT molecular complexity index is 1330. The molecule has 0 radical (unpaired) electrons. The number of ether oxygens (including phenoxy) is 3. The Balaban J connectivity index is 1.38. The van der Waals surface area contributed by atoms with E-state index in [-0.39, 0.29) is 19.7 Å². The highest BCUT2D eigenvalue weighted by atomic mass is 16.6. The zero-order chi connectivity index (χ0) is 26.2. The summed E-state index contributed by atoms with van der Waals surface area (Å²) < 4.78 is 21.9. The second-order valence-electron chi connectivity index (χ2n) is 8.43. The van der Waals surface area contributed by atoms with E-state index in [4.69, 9.17) is 18.6 Å². The van der Waals surface area contributed by atoms with Crippen molar-refractivity contribution in [1.29, 1.82) is 0 Å². The van der Waals surface area contributed by atoms with Crippen molar-refractivity contribution in [2.24, 2.45) is 0 Å². The molecule has 0 saturated carbocycles. The topological polar surface area (TPSA) is 91.1 Å². The predicted molar refractivity (Wildman–Crippen MR) is 137 cm³/mol. The zero-order valence-corrected chi connectivity index (χ0v) is 21.0. The molecule has 190 valence electrons. The van der Waals surface area contributed by atoms with Crippen molar-refractivity contribution in [3.8, 4) is 23.0 Å². The molecule has 3 aromatic carbocycles. The van der Waals surface area contributed by atoms with Crippen LogP contribution < -0.4 is 9.47 Å². The van der Waals surface area contributed by atoms with Gasteiger partial charge < -0.3 is 18.6 Å². The highest BCUT2D eigenvalue weighted by molar-refractivity contribution is 5.79. The second kappa shape index (κ2) is 11.9. The smallest absolute Gasteiger partial charge is 0.416 e. The minimum absolute atomic E-state index is 0.156. The molecule has 0 atom stereocenters. The van der Waals surface area contributed by atoms with Gasteiger partial charge in [0.2, 0.25) is 5.89 Å². The van der Waals surface area contributed by atoms with Crippen molar-refractivity contribution in [2.45, 2.75) is 27.0 Å². The van der Waals surface area contributed by atoms with Gasteiger partial charge in [0.1, 0.15) is 36.1 Å². The summed E-state index contributed by atoms with van der Waals surface area (Å²) in [6.45, 7) is 3.96. The third kappa shape index (κ3) is 6.98. The average molecular weight is 501 g/mol. The summed E-state index contributed by atoms with van der Waals surface area (Å²) in [5.41, 5.74) is 3.45. The Labute approximate surface area is 215 Å². The van der Waals surface area contributed by atoms with Gasteiger partial charge in [-0.05, 0) is 55.8 Å². The molecule has 1 aromatic heterocycles. The maximum Gasteiger partial charge on any atom is 0.416 e. The normalized spacial score (nSPS) is 10.6. The van der Waals surface area contributed by atoms with Crippen LogP contribution >= 0.6 is 0 Å². The lowest BCUT2D eigenvalue weighted by atomic mass is 10.2. The third-order valence-corrected chi connectivity index (χ3v) is 5.62. The molecule has 0 saturated heterocycles. The van der Waals surface area contributed by atoms with E-state index in [9.17, 15) is 9.59 Å². The molecule has 0 bridgehead atoms. The molecule has 4 aromatic rings. The van der Waals surface area contributed by atoms with Gasteiger partial charge in [-0.25, -0.2) is 9.78 Å². The monoisotopic (exact) mass is 500 g/mol. The molecule has 0 aliphatic rings.